The van der Waals surface area contributed by atoms with Crippen molar-refractivity contribution in [1.29, 1.82) is 0 Å². The highest BCUT2D eigenvalue weighted by molar-refractivity contribution is 6.03. The van der Waals surface area contributed by atoms with Crippen molar-refractivity contribution in [2.75, 3.05) is 11.4 Å². The number of rotatable bonds is 5. The first kappa shape index (κ1) is 23.2. The summed E-state index contributed by atoms with van der Waals surface area (Å²) in [6.45, 7) is 7.14. The number of ether oxygens (including phenoxy) is 2. The van der Waals surface area contributed by atoms with Crippen LogP contribution in [0.4, 0.5) is 18.9 Å². The van der Waals surface area contributed by atoms with Crippen molar-refractivity contribution in [3.63, 3.8) is 0 Å². The standard InChI is InChI=1S/C23H22F3NO5/c1-5-27-17-12-15(13(2)10-19(17)31-22(3,4)21(27)30)16-11-14(7-9-20(28)29)6-8-18(16)32-23(24,25)26/h6-12H,5H2,1-4H3,(H,28,29). The van der Waals surface area contributed by atoms with Gasteiger partial charge in [0.15, 0.2) is 5.60 Å². The van der Waals surface area contributed by atoms with Crippen molar-refractivity contribution < 1.29 is 37.3 Å². The SMILES string of the molecule is CCN1C(=O)C(C)(C)Oc2cc(C)c(-c3cc(C=CC(=O)O)ccc3OC(F)(F)F)cc21. The number of hydrogen-bond acceptors (Lipinski definition) is 4. The molecule has 9 heteroatoms. The molecule has 170 valence electrons. The van der Waals surface area contributed by atoms with Crippen molar-refractivity contribution in [2.45, 2.75) is 39.7 Å². The van der Waals surface area contributed by atoms with E-state index in [1.165, 1.54) is 23.1 Å². The Morgan fingerprint density at radius 1 is 1.22 bits per heavy atom. The summed E-state index contributed by atoms with van der Waals surface area (Å²) in [5.74, 6) is -1.46. The molecule has 0 saturated carbocycles. The van der Waals surface area contributed by atoms with Gasteiger partial charge in [0.25, 0.3) is 5.91 Å². The van der Waals surface area contributed by atoms with E-state index in [2.05, 4.69) is 4.74 Å². The van der Waals surface area contributed by atoms with Gasteiger partial charge in [-0.3, -0.25) is 4.79 Å². The molecule has 0 spiro atoms. The van der Waals surface area contributed by atoms with Gasteiger partial charge in [0.1, 0.15) is 11.5 Å². The van der Waals surface area contributed by atoms with E-state index in [-0.39, 0.29) is 11.5 Å². The minimum Gasteiger partial charge on any atom is -0.478 e. The second kappa shape index (κ2) is 8.22. The summed E-state index contributed by atoms with van der Waals surface area (Å²) in [4.78, 5) is 25.1. The van der Waals surface area contributed by atoms with Crippen molar-refractivity contribution in [1.82, 2.24) is 0 Å². The average Bonchev–Trinajstić information content (AvgIpc) is 2.67. The van der Waals surface area contributed by atoms with Crippen molar-refractivity contribution in [3.05, 3.63) is 47.5 Å². The van der Waals surface area contributed by atoms with E-state index in [1.54, 1.807) is 39.8 Å². The monoisotopic (exact) mass is 449 g/mol. The van der Waals surface area contributed by atoms with Crippen LogP contribution >= 0.6 is 0 Å². The van der Waals surface area contributed by atoms with E-state index in [1.807, 2.05) is 0 Å². The van der Waals surface area contributed by atoms with Crippen molar-refractivity contribution >= 4 is 23.6 Å². The molecular formula is C23H22F3NO5. The molecule has 1 amide bonds. The van der Waals surface area contributed by atoms with E-state index < -0.39 is 23.7 Å². The molecule has 0 atom stereocenters. The number of halogens is 3. The third-order valence-corrected chi connectivity index (χ3v) is 4.98. The molecular weight excluding hydrogens is 427 g/mol. The number of carboxylic acids is 1. The fourth-order valence-corrected chi connectivity index (χ4v) is 3.56. The molecule has 6 nitrogen and oxygen atoms in total. The van der Waals surface area contributed by atoms with E-state index in [0.29, 0.717) is 34.7 Å². The van der Waals surface area contributed by atoms with Crippen LogP contribution in [0.1, 0.15) is 31.9 Å². The van der Waals surface area contributed by atoms with E-state index in [9.17, 15) is 22.8 Å². The highest BCUT2D eigenvalue weighted by Gasteiger charge is 2.41. The second-order valence-electron chi connectivity index (χ2n) is 7.77. The van der Waals surface area contributed by atoms with Crippen molar-refractivity contribution in [3.8, 4) is 22.6 Å². The van der Waals surface area contributed by atoms with Crippen LogP contribution in [0.2, 0.25) is 0 Å². The lowest BCUT2D eigenvalue weighted by molar-refractivity contribution is -0.274. The molecule has 0 aromatic heterocycles. The number of amides is 1. The summed E-state index contributed by atoms with van der Waals surface area (Å²) < 4.78 is 49.2. The number of carboxylic acid groups (broad SMARTS) is 1. The van der Waals surface area contributed by atoms with Gasteiger partial charge in [-0.1, -0.05) is 6.07 Å². The third kappa shape index (κ3) is 4.71. The highest BCUT2D eigenvalue weighted by atomic mass is 19.4. The van der Waals surface area contributed by atoms with Crippen LogP contribution < -0.4 is 14.4 Å². The van der Waals surface area contributed by atoms with E-state index >= 15 is 0 Å². The molecule has 3 rings (SSSR count). The Morgan fingerprint density at radius 3 is 2.50 bits per heavy atom. The lowest BCUT2D eigenvalue weighted by atomic mass is 9.94. The number of alkyl halides is 3. The van der Waals surface area contributed by atoms with Crippen LogP contribution in [0.3, 0.4) is 0 Å². The first-order chi connectivity index (χ1) is 14.8. The minimum atomic E-state index is -4.92. The zero-order valence-electron chi connectivity index (χ0n) is 17.9. The second-order valence-corrected chi connectivity index (χ2v) is 7.77. The van der Waals surface area contributed by atoms with Gasteiger partial charge < -0.3 is 19.5 Å². The predicted octanol–water partition coefficient (Wildman–Crippen LogP) is 5.18. The van der Waals surface area contributed by atoms with Crippen LogP contribution in [-0.2, 0) is 9.59 Å². The molecule has 2 aromatic rings. The van der Waals surface area contributed by atoms with Crippen LogP contribution in [0.15, 0.2) is 36.4 Å². The fraction of sp³-hybridized carbons (Fsp3) is 0.304. The molecule has 0 bridgehead atoms. The Morgan fingerprint density at radius 2 is 1.91 bits per heavy atom. The molecule has 2 aromatic carbocycles. The van der Waals surface area contributed by atoms with Gasteiger partial charge in [0, 0.05) is 18.2 Å². The lowest BCUT2D eigenvalue weighted by Crippen LogP contribution is -2.52. The van der Waals surface area contributed by atoms with Gasteiger partial charge in [-0.2, -0.15) is 0 Å². The summed E-state index contributed by atoms with van der Waals surface area (Å²) in [6, 6.07) is 7.11. The number of nitrogens with zero attached hydrogens (tertiary/aromatic N) is 1. The summed E-state index contributed by atoms with van der Waals surface area (Å²) in [7, 11) is 0. The van der Waals surface area contributed by atoms with E-state index in [4.69, 9.17) is 9.84 Å². The Bertz CT molecular complexity index is 1110. The largest absolute Gasteiger partial charge is 0.573 e. The molecule has 0 radical (unpaired) electrons. The quantitative estimate of drug-likeness (QED) is 0.637. The molecule has 0 unspecified atom stereocenters. The zero-order valence-corrected chi connectivity index (χ0v) is 17.9. The summed E-state index contributed by atoms with van der Waals surface area (Å²) in [6.07, 6.45) is -2.77. The predicted molar refractivity (Wildman–Crippen MR) is 113 cm³/mol. The van der Waals surface area contributed by atoms with Crippen molar-refractivity contribution in [2.24, 2.45) is 0 Å². The maximum Gasteiger partial charge on any atom is 0.573 e. The van der Waals surface area contributed by atoms with Gasteiger partial charge in [-0.15, -0.1) is 13.2 Å². The number of carbonyl (C=O) groups is 2. The number of hydrogen-bond donors (Lipinski definition) is 1. The Kier molecular flexibility index (Phi) is 5.95. The molecule has 1 N–H and O–H groups in total. The Hall–Kier alpha value is -3.49. The number of likely N-dealkylation sites (N-methyl/N-ethyl adjacent to an activating group) is 1. The zero-order chi connectivity index (χ0) is 23.8. The first-order valence-electron chi connectivity index (χ1n) is 9.79. The van der Waals surface area contributed by atoms with E-state index in [0.717, 1.165) is 12.1 Å². The van der Waals surface area contributed by atoms with Crippen LogP contribution in [0, 0.1) is 6.92 Å². The number of anilines is 1. The summed E-state index contributed by atoms with van der Waals surface area (Å²) in [5, 5.41) is 8.86. The molecule has 1 heterocycles. The molecule has 0 aliphatic carbocycles. The van der Waals surface area contributed by atoms with Gasteiger partial charge in [-0.25, -0.2) is 4.79 Å². The number of benzene rings is 2. The Balaban J connectivity index is 2.22. The molecule has 0 saturated heterocycles. The van der Waals surface area contributed by atoms with Gasteiger partial charge in [-0.05, 0) is 74.7 Å². The Labute approximate surface area is 182 Å². The van der Waals surface area contributed by atoms with Gasteiger partial charge >= 0.3 is 12.3 Å². The number of fused-ring (bicyclic) bond motifs is 1. The summed E-state index contributed by atoms with van der Waals surface area (Å²) in [5.41, 5.74) is 0.808. The maximum absolute atomic E-state index is 13.0. The van der Waals surface area contributed by atoms with Crippen LogP contribution in [0.25, 0.3) is 17.2 Å². The fourth-order valence-electron chi connectivity index (χ4n) is 3.56. The molecule has 0 fully saturated rings. The normalized spacial score (nSPS) is 15.5. The number of aliphatic carboxylic acids is 1. The topological polar surface area (TPSA) is 76.1 Å². The number of carbonyl (C=O) groups excluding carboxylic acids is 1. The maximum atomic E-state index is 13.0. The van der Waals surface area contributed by atoms with Gasteiger partial charge in [0.2, 0.25) is 0 Å². The first-order valence-corrected chi connectivity index (χ1v) is 9.79. The average molecular weight is 449 g/mol. The molecule has 1 aliphatic heterocycles. The van der Waals surface area contributed by atoms with Gasteiger partial charge in [0.05, 0.1) is 5.69 Å². The lowest BCUT2D eigenvalue weighted by Gasteiger charge is -2.39. The van der Waals surface area contributed by atoms with Crippen LogP contribution in [0.5, 0.6) is 11.5 Å². The minimum absolute atomic E-state index is 0.100. The van der Waals surface area contributed by atoms with Crippen LogP contribution in [-0.4, -0.2) is 35.5 Å². The third-order valence-electron chi connectivity index (χ3n) is 4.98. The summed E-state index contributed by atoms with van der Waals surface area (Å²) >= 11 is 0. The highest BCUT2D eigenvalue weighted by Crippen LogP contribution is 2.44. The number of aryl methyl sites for hydroxylation is 1. The smallest absolute Gasteiger partial charge is 0.478 e. The molecule has 32 heavy (non-hydrogen) atoms. The molecule has 1 aliphatic rings.